The van der Waals surface area contributed by atoms with Crippen LogP contribution in [0.1, 0.15) is 62.9 Å². The van der Waals surface area contributed by atoms with Gasteiger partial charge in [-0.05, 0) is 125 Å². The number of halogens is 13. The molecule has 9 atom stereocenters. The van der Waals surface area contributed by atoms with Crippen molar-refractivity contribution in [1.29, 1.82) is 0 Å². The third-order valence-corrected chi connectivity index (χ3v) is 14.8. The smallest absolute Gasteiger partial charge is 0.422 e. The van der Waals surface area contributed by atoms with Crippen LogP contribution < -0.4 is 9.47 Å². The van der Waals surface area contributed by atoms with Gasteiger partial charge in [0.15, 0.2) is 36.0 Å². The largest absolute Gasteiger partial charge is 0.484 e. The Hall–Kier alpha value is -3.58. The number of cyclic esters (lactones) is 1. The molecule has 0 saturated carbocycles. The number of rotatable bonds is 16. The highest BCUT2D eigenvalue weighted by Gasteiger charge is 2.56. The predicted molar refractivity (Wildman–Crippen MR) is 290 cm³/mol. The first-order valence-electron chi connectivity index (χ1n) is 23.9. The van der Waals surface area contributed by atoms with Gasteiger partial charge in [0.25, 0.3) is 11.8 Å². The zero-order valence-corrected chi connectivity index (χ0v) is 48.6. The maximum Gasteiger partial charge on any atom is 0.422 e. The molecule has 2 saturated heterocycles. The summed E-state index contributed by atoms with van der Waals surface area (Å²) in [5, 5.41) is 39.8. The molecule has 0 aliphatic carbocycles. The molecule has 4 aromatic rings. The fraction of sp³-hybridized carbons (Fsp3) is 0.528. The fourth-order valence-electron chi connectivity index (χ4n) is 8.02. The molecule has 12 nitrogen and oxygen atoms in total. The van der Waals surface area contributed by atoms with E-state index in [2.05, 4.69) is 71.6 Å². The van der Waals surface area contributed by atoms with Crippen molar-refractivity contribution in [3.05, 3.63) is 127 Å². The molecule has 4 aromatic carbocycles. The quantitative estimate of drug-likeness (QED) is 0.0478. The van der Waals surface area contributed by atoms with Gasteiger partial charge in [-0.3, -0.25) is 0 Å². The topological polar surface area (TPSA) is 163 Å². The number of hydrogen-bond acceptors (Lipinski definition) is 12. The highest BCUT2D eigenvalue weighted by molar-refractivity contribution is 9.10. The van der Waals surface area contributed by atoms with E-state index in [9.17, 15) is 60.3 Å². The lowest BCUT2D eigenvalue weighted by atomic mass is 9.86. The van der Waals surface area contributed by atoms with E-state index < -0.39 is 124 Å². The van der Waals surface area contributed by atoms with Gasteiger partial charge in [-0.15, -0.1) is 0 Å². The number of benzene rings is 4. The Morgan fingerprint density at radius 2 is 1.10 bits per heavy atom. The Balaban J connectivity index is 0.000000426. The summed E-state index contributed by atoms with van der Waals surface area (Å²) in [6, 6.07) is 14.9. The van der Waals surface area contributed by atoms with Crippen molar-refractivity contribution in [1.82, 2.24) is 0 Å². The second-order valence-corrected chi connectivity index (χ2v) is 30.7. The molecule has 2 heterocycles. The summed E-state index contributed by atoms with van der Waals surface area (Å²) < 4.78 is 171. The Morgan fingerprint density at radius 3 is 1.50 bits per heavy atom. The fourth-order valence-corrected chi connectivity index (χ4v) is 11.0. The molecule has 1 unspecified atom stereocenters. The average Bonchev–Trinajstić information content (AvgIpc) is 3.34. The summed E-state index contributed by atoms with van der Waals surface area (Å²) in [4.78, 5) is 12.3. The third kappa shape index (κ3) is 19.2. The molecule has 2 aliphatic rings. The van der Waals surface area contributed by atoms with Crippen LogP contribution in [0.2, 0.25) is 49.3 Å². The summed E-state index contributed by atoms with van der Waals surface area (Å²) in [7, 11) is -2.52. The van der Waals surface area contributed by atoms with Gasteiger partial charge in [0.2, 0.25) is 5.79 Å². The normalized spacial score (nSPS) is 23.6. The van der Waals surface area contributed by atoms with Gasteiger partial charge < -0.3 is 53.0 Å². The predicted octanol–water partition coefficient (Wildman–Crippen LogP) is 13.5. The first-order chi connectivity index (χ1) is 35.8. The van der Waals surface area contributed by atoms with E-state index in [0.717, 1.165) is 74.2 Å². The van der Waals surface area contributed by atoms with Crippen molar-refractivity contribution in [2.75, 3.05) is 26.9 Å². The zero-order valence-electron chi connectivity index (χ0n) is 43.5. The number of ether oxygens (including phenoxy) is 5. The molecule has 4 N–H and O–H groups in total. The molecular formula is C53H69BrCl2F10O12Si2. The molecule has 2 fully saturated rings. The van der Waals surface area contributed by atoms with Crippen LogP contribution in [0.15, 0.2) is 89.4 Å². The molecule has 452 valence electrons. The lowest BCUT2D eigenvalue weighted by Gasteiger charge is -2.47. The lowest BCUT2D eigenvalue weighted by molar-refractivity contribution is -0.366. The maximum atomic E-state index is 15.4. The van der Waals surface area contributed by atoms with E-state index in [1.54, 1.807) is 0 Å². The SMILES string of the molecule is C.C.CC[C@H]1OC(=O)[C@H](O[Si](C)(C)C)[C@@H](O[Si](C)(C)C)[C@@H]1C.COC1(c2ccc(Cl)c(C(F)(F)c3ccc(OCC(F)(F)F)cc3)c2)O[C@H](CO)[C@@H](O)[C@H](O)[C@H]1O.FC(F)(F)COc1ccc(C(F)(F)c2cc(Br)ccc2Cl)cc1. The molecule has 0 radical (unpaired) electrons. The first kappa shape index (κ1) is 72.5. The van der Waals surface area contributed by atoms with Crippen LogP contribution in [0.25, 0.3) is 0 Å². The summed E-state index contributed by atoms with van der Waals surface area (Å²) >= 11 is 14.9. The van der Waals surface area contributed by atoms with Gasteiger partial charge >= 0.3 is 18.3 Å². The van der Waals surface area contributed by atoms with Crippen LogP contribution in [0.5, 0.6) is 11.5 Å². The highest BCUT2D eigenvalue weighted by Crippen LogP contribution is 2.46. The van der Waals surface area contributed by atoms with Gasteiger partial charge in [0.1, 0.15) is 42.0 Å². The van der Waals surface area contributed by atoms with Gasteiger partial charge in [-0.1, -0.05) is 73.9 Å². The average molecular weight is 1300 g/mol. The van der Waals surface area contributed by atoms with Crippen molar-refractivity contribution < 1.29 is 102 Å². The second kappa shape index (κ2) is 28.8. The summed E-state index contributed by atoms with van der Waals surface area (Å²) in [6.45, 7) is 13.0. The van der Waals surface area contributed by atoms with Crippen LogP contribution in [0.3, 0.4) is 0 Å². The summed E-state index contributed by atoms with van der Waals surface area (Å²) in [5.41, 5.74) is -2.42. The number of esters is 1. The molecule has 0 bridgehead atoms. The van der Waals surface area contributed by atoms with Crippen molar-refractivity contribution in [3.8, 4) is 11.5 Å². The van der Waals surface area contributed by atoms with Crippen LogP contribution in [-0.2, 0) is 45.5 Å². The first-order valence-corrected chi connectivity index (χ1v) is 32.2. The zero-order chi connectivity index (χ0) is 59.1. The Labute approximate surface area is 479 Å². The van der Waals surface area contributed by atoms with Crippen LogP contribution in [-0.4, -0.2) is 125 Å². The number of carbonyl (C=O) groups excluding carboxylic acids is 1. The molecule has 6 rings (SSSR count). The van der Waals surface area contributed by atoms with Crippen LogP contribution >= 0.6 is 39.1 Å². The van der Waals surface area contributed by atoms with Gasteiger partial charge in [-0.2, -0.15) is 43.9 Å². The minimum Gasteiger partial charge on any atom is -0.484 e. The van der Waals surface area contributed by atoms with E-state index in [1.807, 2.05) is 6.92 Å². The molecule has 27 heteroatoms. The number of methoxy groups -OCH3 is 1. The monoisotopic (exact) mass is 1290 g/mol. The highest BCUT2D eigenvalue weighted by atomic mass is 79.9. The Kier molecular flexibility index (Phi) is 26.1. The minimum absolute atomic E-state index is 0. The minimum atomic E-state index is -4.60. The van der Waals surface area contributed by atoms with Crippen molar-refractivity contribution in [2.24, 2.45) is 5.92 Å². The molecule has 0 spiro atoms. The third-order valence-electron chi connectivity index (χ3n) is 11.7. The lowest BCUT2D eigenvalue weighted by Crippen LogP contribution is -2.64. The van der Waals surface area contributed by atoms with E-state index >= 15 is 8.78 Å². The second-order valence-electron chi connectivity index (χ2n) is 20.0. The number of alkyl halides is 10. The van der Waals surface area contributed by atoms with E-state index in [4.69, 9.17) is 46.3 Å². The number of hydrogen-bond donors (Lipinski definition) is 4. The number of aliphatic hydroxyl groups is 4. The van der Waals surface area contributed by atoms with E-state index in [0.29, 0.717) is 4.47 Å². The van der Waals surface area contributed by atoms with E-state index in [1.165, 1.54) is 24.3 Å². The van der Waals surface area contributed by atoms with Crippen LogP contribution in [0, 0.1) is 5.92 Å². The molecule has 2 aliphatic heterocycles. The molecule has 80 heavy (non-hydrogen) atoms. The molecule has 0 aromatic heterocycles. The summed E-state index contributed by atoms with van der Waals surface area (Å²) in [5.74, 6) is -9.94. The number of aliphatic hydroxyl groups excluding tert-OH is 4. The maximum absolute atomic E-state index is 15.4. The van der Waals surface area contributed by atoms with Gasteiger partial charge in [-0.25, -0.2) is 4.79 Å². The van der Waals surface area contributed by atoms with E-state index in [-0.39, 0.29) is 61.0 Å². The molecule has 0 amide bonds. The molecular weight excluding hydrogens is 1230 g/mol. The standard InChI is InChI=1S/C22H22ClF5O7.C15H9BrClF5O.C14H30O4Si2.2CH4/c1-33-22(19(32)18(31)17(30)16(9-29)35-22)12-4-7-15(23)14(8-12)21(27,28)11-2-5-13(6-3-11)34-10-20(24,25)26;16-10-3-6-13(17)12(7-10)15(21,22)9-1-4-11(5-2-9)23-8-14(18,19)20;1-9-11-10(2)12(17-19(3,4)5)13(14(15)16-11)18-20(6,7)8;;/h2-8,16-19,29-32H,9-10H2,1H3;1-7H,8H2;10-13H,9H2,1-8H3;2*1H4/t16-,17-,18+,19-,22?;;10-,11-,12+,13-;;/m1.1../s1. The van der Waals surface area contributed by atoms with Gasteiger partial charge in [0, 0.05) is 45.3 Å². The Bertz CT molecular complexity index is 2590. The van der Waals surface area contributed by atoms with Crippen molar-refractivity contribution >= 4 is 61.7 Å². The van der Waals surface area contributed by atoms with Crippen LogP contribution in [0.4, 0.5) is 43.9 Å². The van der Waals surface area contributed by atoms with Crippen molar-refractivity contribution in [2.45, 2.75) is 147 Å². The van der Waals surface area contributed by atoms with Gasteiger partial charge in [0.05, 0.1) is 22.8 Å². The summed E-state index contributed by atoms with van der Waals surface area (Å²) in [6.07, 6.45) is -16.0. The van der Waals surface area contributed by atoms with Crippen molar-refractivity contribution in [3.63, 3.8) is 0 Å². The number of carbonyl (C=O) groups is 1. The Morgan fingerprint density at radius 1 is 0.662 bits per heavy atom.